The minimum atomic E-state index is -0.773. The van der Waals surface area contributed by atoms with Gasteiger partial charge in [0.2, 0.25) is 0 Å². The second kappa shape index (κ2) is 55.5. The van der Waals surface area contributed by atoms with Crippen molar-refractivity contribution >= 4 is 17.9 Å². The van der Waals surface area contributed by atoms with E-state index in [9.17, 15) is 14.4 Å². The number of ether oxygens (including phenoxy) is 3. The van der Waals surface area contributed by atoms with Gasteiger partial charge in [0, 0.05) is 19.3 Å². The summed E-state index contributed by atoms with van der Waals surface area (Å²) in [5, 5.41) is 0. The quantitative estimate of drug-likeness (QED) is 0.0262. The van der Waals surface area contributed by atoms with Crippen LogP contribution < -0.4 is 0 Å². The van der Waals surface area contributed by atoms with E-state index in [4.69, 9.17) is 14.2 Å². The number of rotatable bonds is 54. The Hall–Kier alpha value is -2.11. The van der Waals surface area contributed by atoms with Crippen LogP contribution in [0, 0.1) is 0 Å². The van der Waals surface area contributed by atoms with Crippen molar-refractivity contribution in [3.63, 3.8) is 0 Å². The molecule has 0 aromatic rings. The van der Waals surface area contributed by atoms with E-state index in [2.05, 4.69) is 45.1 Å². The molecule has 0 aromatic heterocycles. The first kappa shape index (κ1) is 63.9. The zero-order valence-corrected chi connectivity index (χ0v) is 44.5. The fourth-order valence-electron chi connectivity index (χ4n) is 8.77. The van der Waals surface area contributed by atoms with Crippen LogP contribution in [0.25, 0.3) is 0 Å². The lowest BCUT2D eigenvalue weighted by Gasteiger charge is -2.18. The molecule has 6 nitrogen and oxygen atoms in total. The first-order valence-electron chi connectivity index (χ1n) is 29.3. The predicted molar refractivity (Wildman–Crippen MR) is 284 cm³/mol. The Morgan fingerprint density at radius 2 is 0.545 bits per heavy atom. The van der Waals surface area contributed by atoms with Crippen LogP contribution in [0.3, 0.4) is 0 Å². The highest BCUT2D eigenvalue weighted by Crippen LogP contribution is 2.17. The van der Waals surface area contributed by atoms with E-state index >= 15 is 0 Å². The molecule has 0 spiro atoms. The van der Waals surface area contributed by atoms with Gasteiger partial charge in [-0.2, -0.15) is 0 Å². The fourth-order valence-corrected chi connectivity index (χ4v) is 8.77. The van der Waals surface area contributed by atoms with Gasteiger partial charge in [-0.1, -0.05) is 276 Å². The molecule has 0 heterocycles. The number of unbranched alkanes of at least 4 members (excludes halogenated alkanes) is 39. The monoisotopic (exact) mass is 929 g/mol. The molecule has 0 aliphatic carbocycles. The Morgan fingerprint density at radius 3 is 0.848 bits per heavy atom. The van der Waals surface area contributed by atoms with Crippen LogP contribution in [0.5, 0.6) is 0 Å². The van der Waals surface area contributed by atoms with E-state index in [-0.39, 0.29) is 31.1 Å². The van der Waals surface area contributed by atoms with Gasteiger partial charge in [-0.25, -0.2) is 0 Å². The Morgan fingerprint density at radius 1 is 0.303 bits per heavy atom. The number of carbonyl (C=O) groups is 3. The van der Waals surface area contributed by atoms with Crippen LogP contribution >= 0.6 is 0 Å². The molecule has 66 heavy (non-hydrogen) atoms. The summed E-state index contributed by atoms with van der Waals surface area (Å²) in [4.78, 5) is 38.1. The zero-order valence-electron chi connectivity index (χ0n) is 44.5. The van der Waals surface area contributed by atoms with Gasteiger partial charge < -0.3 is 14.2 Å². The highest BCUT2D eigenvalue weighted by atomic mass is 16.6. The summed E-state index contributed by atoms with van der Waals surface area (Å²) in [6, 6.07) is 0. The number of allylic oxidation sites excluding steroid dienone is 4. The lowest BCUT2D eigenvalue weighted by molar-refractivity contribution is -0.167. The molecule has 0 aliphatic heterocycles. The molecular formula is C60H112O6. The minimum Gasteiger partial charge on any atom is -0.462 e. The van der Waals surface area contributed by atoms with Crippen LogP contribution in [0.15, 0.2) is 24.3 Å². The van der Waals surface area contributed by atoms with Crippen molar-refractivity contribution in [1.82, 2.24) is 0 Å². The van der Waals surface area contributed by atoms with Crippen LogP contribution in [0.4, 0.5) is 0 Å². The molecule has 388 valence electrons. The molecule has 0 rings (SSSR count). The van der Waals surface area contributed by atoms with E-state index in [1.54, 1.807) is 0 Å². The third kappa shape index (κ3) is 52.9. The molecule has 0 N–H and O–H groups in total. The van der Waals surface area contributed by atoms with Crippen LogP contribution in [-0.2, 0) is 28.6 Å². The highest BCUT2D eigenvalue weighted by Gasteiger charge is 2.19. The van der Waals surface area contributed by atoms with Crippen molar-refractivity contribution in [3.8, 4) is 0 Å². The lowest BCUT2D eigenvalue weighted by atomic mass is 10.0. The third-order valence-electron chi connectivity index (χ3n) is 13.2. The van der Waals surface area contributed by atoms with Gasteiger partial charge in [0.15, 0.2) is 6.10 Å². The molecule has 0 fully saturated rings. The maximum Gasteiger partial charge on any atom is 0.306 e. The summed E-state index contributed by atoms with van der Waals surface area (Å²) in [7, 11) is 0. The highest BCUT2D eigenvalue weighted by molar-refractivity contribution is 5.71. The molecule has 0 radical (unpaired) electrons. The SMILES string of the molecule is CCCCCC/C=C\C/C=C\CCCCCCCC(=O)OC(COC(=O)CCCCCCCCCCCCCC)COC(=O)CCCCCCCCCCCCCCCCCCCCCC. The molecular weight excluding hydrogens is 817 g/mol. The van der Waals surface area contributed by atoms with Crippen molar-refractivity contribution in [2.24, 2.45) is 0 Å². The number of hydrogen-bond donors (Lipinski definition) is 0. The molecule has 0 bridgehead atoms. The Balaban J connectivity index is 4.29. The average Bonchev–Trinajstić information content (AvgIpc) is 3.31. The van der Waals surface area contributed by atoms with E-state index in [1.807, 2.05) is 0 Å². The van der Waals surface area contributed by atoms with Crippen molar-refractivity contribution in [2.75, 3.05) is 13.2 Å². The molecule has 1 unspecified atom stereocenters. The maximum atomic E-state index is 12.8. The first-order valence-corrected chi connectivity index (χ1v) is 29.3. The first-order chi connectivity index (χ1) is 32.5. The molecule has 0 aliphatic rings. The smallest absolute Gasteiger partial charge is 0.306 e. The summed E-state index contributed by atoms with van der Waals surface area (Å²) in [5.41, 5.74) is 0. The van der Waals surface area contributed by atoms with Crippen LogP contribution in [0.2, 0.25) is 0 Å². The van der Waals surface area contributed by atoms with Gasteiger partial charge in [0.25, 0.3) is 0 Å². The summed E-state index contributed by atoms with van der Waals surface area (Å²) >= 11 is 0. The molecule has 0 saturated heterocycles. The maximum absolute atomic E-state index is 12.8. The normalized spacial score (nSPS) is 12.1. The number of esters is 3. The number of carbonyl (C=O) groups excluding carboxylic acids is 3. The van der Waals surface area contributed by atoms with Crippen LogP contribution in [-0.4, -0.2) is 37.2 Å². The molecule has 0 aromatic carbocycles. The molecule has 0 saturated carbocycles. The molecule has 1 atom stereocenters. The standard InChI is InChI=1S/C60H112O6/c1-4-7-10-13-16-19-22-25-27-29-30-31-32-34-35-38-41-44-47-50-53-59(62)65-56-57(55-64-58(61)52-49-46-43-40-37-24-21-18-15-12-9-6-3)66-60(63)54-51-48-45-42-39-36-33-28-26-23-20-17-14-11-8-5-2/h20,23,28,33,57H,4-19,21-22,24-27,29-32,34-56H2,1-3H3/b23-20-,33-28-. The van der Waals surface area contributed by atoms with Crippen molar-refractivity contribution < 1.29 is 28.6 Å². The minimum absolute atomic E-state index is 0.0715. The van der Waals surface area contributed by atoms with Gasteiger partial charge >= 0.3 is 17.9 Å². The fraction of sp³-hybridized carbons (Fsp3) is 0.883. The Labute approximate surface area is 411 Å². The second-order valence-corrected chi connectivity index (χ2v) is 19.9. The second-order valence-electron chi connectivity index (χ2n) is 19.9. The van der Waals surface area contributed by atoms with Crippen molar-refractivity contribution in [2.45, 2.75) is 329 Å². The summed E-state index contributed by atoms with van der Waals surface area (Å²) in [6.45, 7) is 6.66. The van der Waals surface area contributed by atoms with E-state index in [0.29, 0.717) is 19.3 Å². The van der Waals surface area contributed by atoms with Crippen molar-refractivity contribution in [1.29, 1.82) is 0 Å². The largest absolute Gasteiger partial charge is 0.462 e. The molecule has 0 amide bonds. The lowest BCUT2D eigenvalue weighted by Crippen LogP contribution is -2.30. The van der Waals surface area contributed by atoms with E-state index < -0.39 is 6.10 Å². The van der Waals surface area contributed by atoms with E-state index in [1.165, 1.54) is 205 Å². The average molecular weight is 930 g/mol. The van der Waals surface area contributed by atoms with Gasteiger partial charge in [-0.3, -0.25) is 14.4 Å². The van der Waals surface area contributed by atoms with Crippen LogP contribution in [0.1, 0.15) is 323 Å². The van der Waals surface area contributed by atoms with Gasteiger partial charge in [-0.05, 0) is 51.4 Å². The topological polar surface area (TPSA) is 78.9 Å². The Bertz CT molecular complexity index is 1070. The zero-order chi connectivity index (χ0) is 47.9. The van der Waals surface area contributed by atoms with Gasteiger partial charge in [0.1, 0.15) is 13.2 Å². The Kier molecular flexibility index (Phi) is 53.7. The summed E-state index contributed by atoms with van der Waals surface area (Å²) in [5.74, 6) is -0.864. The van der Waals surface area contributed by atoms with E-state index in [0.717, 1.165) is 77.0 Å². The third-order valence-corrected chi connectivity index (χ3v) is 13.2. The van der Waals surface area contributed by atoms with Gasteiger partial charge in [-0.15, -0.1) is 0 Å². The van der Waals surface area contributed by atoms with Crippen molar-refractivity contribution in [3.05, 3.63) is 24.3 Å². The summed E-state index contributed by atoms with van der Waals surface area (Å²) < 4.78 is 16.9. The number of hydrogen-bond acceptors (Lipinski definition) is 6. The molecule has 6 heteroatoms. The van der Waals surface area contributed by atoms with Gasteiger partial charge in [0.05, 0.1) is 0 Å². The predicted octanol–water partition coefficient (Wildman–Crippen LogP) is 19.5. The summed E-state index contributed by atoms with van der Waals surface area (Å²) in [6.07, 6.45) is 64.6.